The summed E-state index contributed by atoms with van der Waals surface area (Å²) in [7, 11) is 0. The van der Waals surface area contributed by atoms with Crippen molar-refractivity contribution in [2.45, 2.75) is 18.5 Å². The van der Waals surface area contributed by atoms with Crippen LogP contribution in [0.4, 0.5) is 0 Å². The monoisotopic (exact) mass is 415 g/mol. The lowest BCUT2D eigenvalue weighted by molar-refractivity contribution is -0.194. The van der Waals surface area contributed by atoms with Gasteiger partial charge in [0, 0.05) is 16.7 Å². The van der Waals surface area contributed by atoms with Gasteiger partial charge in [-0.25, -0.2) is 4.98 Å². The second-order valence-corrected chi connectivity index (χ2v) is 7.85. The molecule has 0 amide bonds. The van der Waals surface area contributed by atoms with E-state index in [0.29, 0.717) is 35.4 Å². The minimum Gasteiger partial charge on any atom is -0.480 e. The molecule has 0 fully saturated rings. The predicted molar refractivity (Wildman–Crippen MR) is 103 cm³/mol. The van der Waals surface area contributed by atoms with Crippen molar-refractivity contribution in [1.29, 1.82) is 0 Å². The molecule has 0 saturated carbocycles. The molecule has 2 aliphatic heterocycles. The highest BCUT2D eigenvalue weighted by Crippen LogP contribution is 2.43. The number of hydrogen-bond acceptors (Lipinski definition) is 8. The maximum atomic E-state index is 11.4. The Morgan fingerprint density at radius 3 is 2.29 bits per heavy atom. The normalized spacial score (nSPS) is 15.5. The molecule has 3 heterocycles. The van der Waals surface area contributed by atoms with Crippen molar-refractivity contribution in [2.75, 3.05) is 0 Å². The Balaban J connectivity index is 1.66. The Morgan fingerprint density at radius 2 is 1.64 bits per heavy atom. The van der Waals surface area contributed by atoms with Gasteiger partial charge in [0.1, 0.15) is 18.2 Å². The molecule has 9 heteroatoms. The Hall–Kier alpha value is -2.59. The summed E-state index contributed by atoms with van der Waals surface area (Å²) in [5, 5.41) is 8.73. The number of aromatic nitrogens is 1. The van der Waals surface area contributed by atoms with E-state index in [2.05, 4.69) is 17.6 Å². The van der Waals surface area contributed by atoms with E-state index in [1.807, 2.05) is 36.4 Å². The van der Waals surface area contributed by atoms with Gasteiger partial charge < -0.3 is 14.9 Å². The van der Waals surface area contributed by atoms with Crippen LogP contribution in [0, 0.1) is 0 Å². The van der Waals surface area contributed by atoms with Gasteiger partial charge in [0.05, 0.1) is 10.6 Å². The van der Waals surface area contributed by atoms with Crippen molar-refractivity contribution < 1.29 is 29.5 Å². The van der Waals surface area contributed by atoms with Crippen LogP contribution in [-0.4, -0.2) is 16.1 Å². The number of nitrogens with zero attached hydrogens (tertiary/aromatic N) is 1. The van der Waals surface area contributed by atoms with Crippen LogP contribution in [0.5, 0.6) is 11.5 Å². The Labute approximate surface area is 168 Å². The molecule has 5 rings (SSSR count). The average molecular weight is 415 g/mol. The fourth-order valence-electron chi connectivity index (χ4n) is 3.05. The molecule has 28 heavy (non-hydrogen) atoms. The van der Waals surface area contributed by atoms with E-state index in [4.69, 9.17) is 19.6 Å². The molecule has 1 N–H and O–H groups in total. The lowest BCUT2D eigenvalue weighted by Crippen LogP contribution is -2.04. The topological polar surface area (TPSA) is 87.1 Å². The summed E-state index contributed by atoms with van der Waals surface area (Å²) in [5.74, 6) is 0.223. The van der Waals surface area contributed by atoms with Crippen LogP contribution in [0.1, 0.15) is 21.4 Å². The Morgan fingerprint density at radius 1 is 1.04 bits per heavy atom. The SMILES string of the molecule is O=C(O)C(S)c1nc(-c2ccc3c(c2)OOC3)c(-c2ccc3c(c2)OOC3)s1. The summed E-state index contributed by atoms with van der Waals surface area (Å²) < 4.78 is 0. The second-order valence-electron chi connectivity index (χ2n) is 6.31. The molecule has 0 aliphatic carbocycles. The number of carbonyl (C=O) groups is 1. The standard InChI is InChI=1S/C19H13NO6S2/c21-19(22)16(27)18-20-15(9-1-3-11-7-23-25-13(11)5-9)17(28-18)10-2-4-12-8-24-26-14(12)6-10/h1-6,16,27H,7-8H2,(H,21,22). The number of fused-ring (bicyclic) bond motifs is 2. The zero-order chi connectivity index (χ0) is 19.3. The van der Waals surface area contributed by atoms with Gasteiger partial charge in [-0.05, 0) is 17.7 Å². The zero-order valence-electron chi connectivity index (χ0n) is 14.2. The Bertz CT molecular complexity index is 1020. The lowest BCUT2D eigenvalue weighted by Gasteiger charge is -2.05. The van der Waals surface area contributed by atoms with Crippen LogP contribution >= 0.6 is 24.0 Å². The molecule has 0 saturated heterocycles. The summed E-state index contributed by atoms with van der Waals surface area (Å²) in [6.45, 7) is 0.793. The van der Waals surface area contributed by atoms with E-state index in [9.17, 15) is 9.90 Å². The van der Waals surface area contributed by atoms with Crippen LogP contribution in [0.2, 0.25) is 0 Å². The van der Waals surface area contributed by atoms with Gasteiger partial charge in [0.15, 0.2) is 16.7 Å². The highest BCUT2D eigenvalue weighted by Gasteiger charge is 2.25. The molecule has 0 spiro atoms. The number of hydrogen-bond donors (Lipinski definition) is 2. The van der Waals surface area contributed by atoms with Crippen LogP contribution in [0.25, 0.3) is 21.7 Å². The van der Waals surface area contributed by atoms with Gasteiger partial charge in [-0.3, -0.25) is 4.79 Å². The fraction of sp³-hybridized carbons (Fsp3) is 0.158. The van der Waals surface area contributed by atoms with Crippen molar-refractivity contribution in [3.05, 3.63) is 52.5 Å². The minimum atomic E-state index is -1.05. The third-order valence-electron chi connectivity index (χ3n) is 4.51. The van der Waals surface area contributed by atoms with E-state index in [1.54, 1.807) is 0 Å². The fourth-order valence-corrected chi connectivity index (χ4v) is 4.33. The van der Waals surface area contributed by atoms with Gasteiger partial charge in [0.25, 0.3) is 0 Å². The number of thiazole rings is 1. The summed E-state index contributed by atoms with van der Waals surface area (Å²) in [6, 6.07) is 11.4. The summed E-state index contributed by atoms with van der Waals surface area (Å²) in [4.78, 5) is 37.2. The lowest BCUT2D eigenvalue weighted by atomic mass is 10.0. The number of rotatable bonds is 4. The van der Waals surface area contributed by atoms with Crippen LogP contribution in [-0.2, 0) is 27.8 Å². The molecule has 1 unspecified atom stereocenters. The first-order valence-electron chi connectivity index (χ1n) is 8.37. The van der Waals surface area contributed by atoms with Gasteiger partial charge in [-0.1, -0.05) is 24.3 Å². The summed E-state index contributed by atoms with van der Waals surface area (Å²) in [5.41, 5.74) is 4.20. The molecular weight excluding hydrogens is 402 g/mol. The predicted octanol–water partition coefficient (Wildman–Crippen LogP) is 4.18. The number of carboxylic acid groups (broad SMARTS) is 1. The summed E-state index contributed by atoms with van der Waals surface area (Å²) >= 11 is 5.47. The smallest absolute Gasteiger partial charge is 0.323 e. The van der Waals surface area contributed by atoms with E-state index in [1.165, 1.54) is 11.3 Å². The van der Waals surface area contributed by atoms with Gasteiger partial charge >= 0.3 is 5.97 Å². The van der Waals surface area contributed by atoms with Crippen LogP contribution in [0.15, 0.2) is 36.4 Å². The molecule has 7 nitrogen and oxygen atoms in total. The highest BCUT2D eigenvalue weighted by molar-refractivity contribution is 7.81. The molecular formula is C19H13NO6S2. The molecule has 2 aromatic carbocycles. The quantitative estimate of drug-likeness (QED) is 0.488. The highest BCUT2D eigenvalue weighted by atomic mass is 32.1. The van der Waals surface area contributed by atoms with E-state index in [0.717, 1.165) is 27.1 Å². The van der Waals surface area contributed by atoms with Crippen molar-refractivity contribution >= 4 is 29.9 Å². The van der Waals surface area contributed by atoms with Gasteiger partial charge in [-0.15, -0.1) is 11.3 Å². The molecule has 0 bridgehead atoms. The molecule has 2 aliphatic rings. The largest absolute Gasteiger partial charge is 0.480 e. The zero-order valence-corrected chi connectivity index (χ0v) is 16.0. The Kier molecular flexibility index (Phi) is 4.24. The minimum absolute atomic E-state index is 0.394. The van der Waals surface area contributed by atoms with Gasteiger partial charge in [0.2, 0.25) is 0 Å². The average Bonchev–Trinajstić information content (AvgIpc) is 3.44. The van der Waals surface area contributed by atoms with Gasteiger partial charge in [-0.2, -0.15) is 22.4 Å². The second kappa shape index (κ2) is 6.78. The van der Waals surface area contributed by atoms with Crippen molar-refractivity contribution in [2.24, 2.45) is 0 Å². The maximum absolute atomic E-state index is 11.4. The van der Waals surface area contributed by atoms with E-state index < -0.39 is 11.2 Å². The number of benzene rings is 2. The van der Waals surface area contributed by atoms with Crippen molar-refractivity contribution in [1.82, 2.24) is 4.98 Å². The van der Waals surface area contributed by atoms with Crippen LogP contribution < -0.4 is 9.78 Å². The first kappa shape index (κ1) is 17.5. The molecule has 1 atom stereocenters. The number of aliphatic carboxylic acids is 1. The van der Waals surface area contributed by atoms with E-state index >= 15 is 0 Å². The molecule has 0 radical (unpaired) electrons. The molecule has 3 aromatic rings. The third-order valence-corrected chi connectivity index (χ3v) is 6.32. The third kappa shape index (κ3) is 2.92. The first-order chi connectivity index (χ1) is 13.6. The molecule has 1 aromatic heterocycles. The number of carboxylic acids is 1. The summed E-state index contributed by atoms with van der Waals surface area (Å²) in [6.07, 6.45) is 0. The van der Waals surface area contributed by atoms with E-state index in [-0.39, 0.29) is 0 Å². The van der Waals surface area contributed by atoms with Crippen LogP contribution in [0.3, 0.4) is 0 Å². The maximum Gasteiger partial charge on any atom is 0.323 e. The van der Waals surface area contributed by atoms with Crippen molar-refractivity contribution in [3.63, 3.8) is 0 Å². The first-order valence-corrected chi connectivity index (χ1v) is 9.70. The van der Waals surface area contributed by atoms with Crippen molar-refractivity contribution in [3.8, 4) is 33.2 Å². The molecule has 142 valence electrons. The number of thiol groups is 1.